The smallest absolute Gasteiger partial charge is 0.0656 e. The molecule has 1 N–H and O–H groups in total. The number of H-pyrrole nitrogens is 1. The van der Waals surface area contributed by atoms with Crippen LogP contribution in [0.5, 0.6) is 0 Å². The molecule has 0 aliphatic carbocycles. The zero-order chi connectivity index (χ0) is 8.39. The van der Waals surface area contributed by atoms with Crippen LogP contribution in [-0.4, -0.2) is 10.2 Å². The van der Waals surface area contributed by atoms with Gasteiger partial charge in [0.05, 0.1) is 11.7 Å². The Kier molecular flexibility index (Phi) is 1.67. The highest BCUT2D eigenvalue weighted by atomic mass is 15.1. The fraction of sp³-hybridized carbons (Fsp3) is 0.100. The molecule has 0 atom stereocenters. The summed E-state index contributed by atoms with van der Waals surface area (Å²) >= 11 is 0. The molecule has 0 saturated carbocycles. The Morgan fingerprint density at radius 2 is 2.33 bits per heavy atom. The van der Waals surface area contributed by atoms with Crippen molar-refractivity contribution in [2.45, 2.75) is 6.92 Å². The first-order valence-corrected chi connectivity index (χ1v) is 3.96. The maximum absolute atomic E-state index is 3.95. The van der Waals surface area contributed by atoms with Gasteiger partial charge in [-0.25, -0.2) is 0 Å². The maximum atomic E-state index is 3.95. The van der Waals surface area contributed by atoms with Crippen LogP contribution in [0.3, 0.4) is 0 Å². The van der Waals surface area contributed by atoms with Crippen LogP contribution in [-0.2, 0) is 0 Å². The number of allylic oxidation sites excluding steroid dienone is 1. The maximum Gasteiger partial charge on any atom is 0.0656 e. The fourth-order valence-electron chi connectivity index (χ4n) is 1.25. The van der Waals surface area contributed by atoms with E-state index in [9.17, 15) is 0 Å². The largest absolute Gasteiger partial charge is 0.278 e. The number of aromatic nitrogens is 2. The lowest BCUT2D eigenvalue weighted by atomic mass is 10.1. The molecule has 60 valence electrons. The summed E-state index contributed by atoms with van der Waals surface area (Å²) in [5.74, 6) is 0. The summed E-state index contributed by atoms with van der Waals surface area (Å²) in [4.78, 5) is 0. The van der Waals surface area contributed by atoms with E-state index in [1.165, 1.54) is 5.56 Å². The summed E-state index contributed by atoms with van der Waals surface area (Å²) in [5.41, 5.74) is 2.29. The summed E-state index contributed by atoms with van der Waals surface area (Å²) in [5, 5.41) is 8.04. The Bertz CT molecular complexity index is 412. The summed E-state index contributed by atoms with van der Waals surface area (Å²) in [6, 6.07) is 6.23. The number of nitrogens with zero attached hydrogens (tertiary/aromatic N) is 1. The predicted molar refractivity (Wildman–Crippen MR) is 50.8 cm³/mol. The van der Waals surface area contributed by atoms with Crippen LogP contribution in [0.15, 0.2) is 30.5 Å². The molecular weight excluding hydrogens is 148 g/mol. The molecule has 2 heteroatoms. The molecule has 1 aromatic heterocycles. The fourth-order valence-corrected chi connectivity index (χ4v) is 1.25. The molecule has 2 nitrogen and oxygen atoms in total. The van der Waals surface area contributed by atoms with Gasteiger partial charge in [-0.15, -0.1) is 0 Å². The van der Waals surface area contributed by atoms with Crippen molar-refractivity contribution < 1.29 is 0 Å². The van der Waals surface area contributed by atoms with E-state index in [1.807, 2.05) is 19.2 Å². The zero-order valence-corrected chi connectivity index (χ0v) is 6.91. The molecule has 0 saturated heterocycles. The Balaban J connectivity index is 2.60. The third-order valence-electron chi connectivity index (χ3n) is 1.83. The summed E-state index contributed by atoms with van der Waals surface area (Å²) in [7, 11) is 0. The van der Waals surface area contributed by atoms with E-state index < -0.39 is 0 Å². The first kappa shape index (κ1) is 7.10. The van der Waals surface area contributed by atoms with Crippen LogP contribution >= 0.6 is 0 Å². The van der Waals surface area contributed by atoms with E-state index in [0.29, 0.717) is 0 Å². The molecule has 0 spiro atoms. The van der Waals surface area contributed by atoms with E-state index in [4.69, 9.17) is 0 Å². The zero-order valence-electron chi connectivity index (χ0n) is 6.91. The SMILES string of the molecule is C/C=C/c1ccc2cn[nH]c2c1. The van der Waals surface area contributed by atoms with Crippen molar-refractivity contribution in [3.63, 3.8) is 0 Å². The summed E-state index contributed by atoms with van der Waals surface area (Å²) < 4.78 is 0. The molecular formula is C10H10N2. The van der Waals surface area contributed by atoms with Crippen molar-refractivity contribution in [1.82, 2.24) is 10.2 Å². The van der Waals surface area contributed by atoms with Crippen LogP contribution in [0.2, 0.25) is 0 Å². The monoisotopic (exact) mass is 158 g/mol. The first-order chi connectivity index (χ1) is 5.90. The Labute approximate surface area is 70.9 Å². The van der Waals surface area contributed by atoms with Gasteiger partial charge in [-0.1, -0.05) is 24.3 Å². The Hall–Kier alpha value is -1.57. The Morgan fingerprint density at radius 3 is 3.17 bits per heavy atom. The first-order valence-electron chi connectivity index (χ1n) is 3.96. The van der Waals surface area contributed by atoms with Crippen molar-refractivity contribution in [1.29, 1.82) is 0 Å². The van der Waals surface area contributed by atoms with Crippen molar-refractivity contribution in [2.24, 2.45) is 0 Å². The van der Waals surface area contributed by atoms with Crippen molar-refractivity contribution >= 4 is 17.0 Å². The lowest BCUT2D eigenvalue weighted by Crippen LogP contribution is -1.72. The van der Waals surface area contributed by atoms with Gasteiger partial charge in [-0.3, -0.25) is 5.10 Å². The van der Waals surface area contributed by atoms with Crippen LogP contribution < -0.4 is 0 Å². The average molecular weight is 158 g/mol. The number of rotatable bonds is 1. The van der Waals surface area contributed by atoms with Crippen LogP contribution in [0, 0.1) is 0 Å². The molecule has 0 unspecified atom stereocenters. The molecule has 1 heterocycles. The van der Waals surface area contributed by atoms with Crippen molar-refractivity contribution in [3.05, 3.63) is 36.0 Å². The molecule has 0 amide bonds. The van der Waals surface area contributed by atoms with E-state index in [2.05, 4.69) is 34.5 Å². The molecule has 12 heavy (non-hydrogen) atoms. The third-order valence-corrected chi connectivity index (χ3v) is 1.83. The minimum absolute atomic E-state index is 1.09. The van der Waals surface area contributed by atoms with Gasteiger partial charge in [0.1, 0.15) is 0 Å². The molecule has 0 aliphatic rings. The van der Waals surface area contributed by atoms with Gasteiger partial charge in [0.25, 0.3) is 0 Å². The predicted octanol–water partition coefficient (Wildman–Crippen LogP) is 2.60. The van der Waals surface area contributed by atoms with Gasteiger partial charge in [0.15, 0.2) is 0 Å². The topological polar surface area (TPSA) is 28.7 Å². The van der Waals surface area contributed by atoms with Gasteiger partial charge < -0.3 is 0 Å². The molecule has 2 aromatic rings. The highest BCUT2D eigenvalue weighted by molar-refractivity contribution is 5.80. The van der Waals surface area contributed by atoms with Gasteiger partial charge in [-0.05, 0) is 18.6 Å². The molecule has 0 radical (unpaired) electrons. The number of hydrogen-bond acceptors (Lipinski definition) is 1. The van der Waals surface area contributed by atoms with Gasteiger partial charge in [-0.2, -0.15) is 5.10 Å². The molecule has 0 aliphatic heterocycles. The molecule has 1 aromatic carbocycles. The highest BCUT2D eigenvalue weighted by Crippen LogP contribution is 2.13. The molecule has 0 fully saturated rings. The Morgan fingerprint density at radius 1 is 1.42 bits per heavy atom. The molecule has 0 bridgehead atoms. The van der Waals surface area contributed by atoms with E-state index in [1.54, 1.807) is 0 Å². The minimum Gasteiger partial charge on any atom is -0.278 e. The van der Waals surface area contributed by atoms with Crippen LogP contribution in [0.4, 0.5) is 0 Å². The third kappa shape index (κ3) is 1.11. The number of aromatic amines is 1. The van der Waals surface area contributed by atoms with Crippen LogP contribution in [0.1, 0.15) is 12.5 Å². The summed E-state index contributed by atoms with van der Waals surface area (Å²) in [6.45, 7) is 2.01. The number of fused-ring (bicyclic) bond motifs is 1. The average Bonchev–Trinajstić information content (AvgIpc) is 2.51. The van der Waals surface area contributed by atoms with E-state index >= 15 is 0 Å². The standard InChI is InChI=1S/C10H10N2/c1-2-3-8-4-5-9-7-11-12-10(9)6-8/h2-7H,1H3,(H,11,12)/b3-2+. The number of nitrogens with one attached hydrogen (secondary N) is 1. The number of hydrogen-bond donors (Lipinski definition) is 1. The van der Waals surface area contributed by atoms with E-state index in [0.717, 1.165) is 10.9 Å². The number of benzene rings is 1. The van der Waals surface area contributed by atoms with Gasteiger partial charge in [0, 0.05) is 5.39 Å². The van der Waals surface area contributed by atoms with Crippen molar-refractivity contribution in [3.8, 4) is 0 Å². The van der Waals surface area contributed by atoms with Crippen LogP contribution in [0.25, 0.3) is 17.0 Å². The second-order valence-electron chi connectivity index (χ2n) is 2.72. The van der Waals surface area contributed by atoms with Crippen molar-refractivity contribution in [2.75, 3.05) is 0 Å². The molecule has 2 rings (SSSR count). The second-order valence-corrected chi connectivity index (χ2v) is 2.72. The highest BCUT2D eigenvalue weighted by Gasteiger charge is 1.93. The van der Waals surface area contributed by atoms with Gasteiger partial charge in [0.2, 0.25) is 0 Å². The lowest BCUT2D eigenvalue weighted by molar-refractivity contribution is 1.12. The van der Waals surface area contributed by atoms with E-state index in [-0.39, 0.29) is 0 Å². The minimum atomic E-state index is 1.09. The quantitative estimate of drug-likeness (QED) is 0.679. The second kappa shape index (κ2) is 2.81. The van der Waals surface area contributed by atoms with Gasteiger partial charge >= 0.3 is 0 Å². The summed E-state index contributed by atoms with van der Waals surface area (Å²) in [6.07, 6.45) is 5.92. The lowest BCUT2D eigenvalue weighted by Gasteiger charge is -1.91. The normalized spacial score (nSPS) is 11.4.